The number of fused-ring (bicyclic) bond motifs is 15. The molecule has 15 rings (SSSR count). The average Bonchev–Trinajstić information content (AvgIpc) is 2.90. The SMILES string of the molecule is Cc1ccc(C2(c3ccc(C)cc3)c3ccccc3-c3c(-n4c5ccccc5c5c6oc7ccccc7c6ccc54)cc4c(c32)Oc2cc(C(C)(C)C)cc3c2B4c2cc(C(C)(C)C)ccc2N3c2ccc(C(C)(C)C)cc2)cc1. The van der Waals surface area contributed by atoms with Gasteiger partial charge in [0.15, 0.2) is 0 Å². The smallest absolute Gasteiger partial charge is 0.256 e. The Hall–Kier alpha value is -8.54. The predicted molar refractivity (Wildman–Crippen MR) is 337 cm³/mol. The highest BCUT2D eigenvalue weighted by Crippen LogP contribution is 2.62. The van der Waals surface area contributed by atoms with Gasteiger partial charge < -0.3 is 18.6 Å². The van der Waals surface area contributed by atoms with Crippen LogP contribution in [0.3, 0.4) is 0 Å². The summed E-state index contributed by atoms with van der Waals surface area (Å²) in [6, 6.07) is 73.9. The van der Waals surface area contributed by atoms with Gasteiger partial charge in [0.25, 0.3) is 6.71 Å². The standard InChI is InChI=1S/C75H65BN2O2/c1-44-24-28-47(29-25-44)75(48-30-26-45(2)27-31-48)56-21-15-12-19-54(56)66-62(78-59-22-16-13-20-55(59)67-61(78)39-37-53-52-18-14-17-23-64(52)79-70(53)67)43-58-71(68(66)75)80-65-42-50(74(9,10)11)41-63-69(65)76(58)57-40-49(73(6,7)8)34-38-60(57)77(63)51-35-32-46(33-36-51)72(3,4)5/h12-43H,1-11H3. The van der Waals surface area contributed by atoms with Crippen LogP contribution in [0.25, 0.3) is 60.6 Å². The fourth-order valence-electron chi connectivity index (χ4n) is 14.0. The summed E-state index contributed by atoms with van der Waals surface area (Å²) in [6.07, 6.45) is 0. The third kappa shape index (κ3) is 6.82. The van der Waals surface area contributed by atoms with E-state index in [0.29, 0.717) is 0 Å². The molecule has 0 atom stereocenters. The van der Waals surface area contributed by atoms with Crippen LogP contribution >= 0.6 is 0 Å². The van der Waals surface area contributed by atoms with Gasteiger partial charge >= 0.3 is 0 Å². The largest absolute Gasteiger partial charge is 0.458 e. The number of hydrogen-bond donors (Lipinski definition) is 0. The van der Waals surface area contributed by atoms with Gasteiger partial charge in [-0.1, -0.05) is 207 Å². The van der Waals surface area contributed by atoms with Gasteiger partial charge in [-0.3, -0.25) is 0 Å². The van der Waals surface area contributed by atoms with Gasteiger partial charge in [-0.2, -0.15) is 0 Å². The fourth-order valence-corrected chi connectivity index (χ4v) is 14.0. The second-order valence-electron chi connectivity index (χ2n) is 26.2. The Bertz CT molecular complexity index is 4530. The van der Waals surface area contributed by atoms with E-state index >= 15 is 0 Å². The van der Waals surface area contributed by atoms with Crippen LogP contribution in [0.15, 0.2) is 199 Å². The Balaban J connectivity index is 1.14. The van der Waals surface area contributed by atoms with Crippen molar-refractivity contribution in [3.05, 3.63) is 244 Å². The van der Waals surface area contributed by atoms with Crippen LogP contribution in [-0.2, 0) is 21.7 Å². The number of furan rings is 1. The highest BCUT2D eigenvalue weighted by Gasteiger charge is 2.53. The summed E-state index contributed by atoms with van der Waals surface area (Å²) in [4.78, 5) is 2.53. The highest BCUT2D eigenvalue weighted by molar-refractivity contribution is 6.99. The third-order valence-electron chi connectivity index (χ3n) is 18.1. The molecule has 390 valence electrons. The maximum Gasteiger partial charge on any atom is 0.256 e. The summed E-state index contributed by atoms with van der Waals surface area (Å²) in [6.45, 7) is 25.1. The van der Waals surface area contributed by atoms with Crippen molar-refractivity contribution >= 4 is 83.9 Å². The topological polar surface area (TPSA) is 30.5 Å². The lowest BCUT2D eigenvalue weighted by Gasteiger charge is -2.43. The number of benzene rings is 10. The molecule has 3 aliphatic rings. The molecule has 5 heteroatoms. The molecular formula is C75H65BN2O2. The van der Waals surface area contributed by atoms with Crippen molar-refractivity contribution in [3.63, 3.8) is 0 Å². The summed E-state index contributed by atoms with van der Waals surface area (Å²) in [5.41, 5.74) is 24.5. The Kier molecular flexibility index (Phi) is 10.2. The molecule has 0 saturated heterocycles. The molecule has 2 aliphatic heterocycles. The second-order valence-corrected chi connectivity index (χ2v) is 26.2. The van der Waals surface area contributed by atoms with Crippen LogP contribution in [0.4, 0.5) is 17.1 Å². The third-order valence-corrected chi connectivity index (χ3v) is 18.1. The Labute approximate surface area is 470 Å². The molecule has 0 amide bonds. The van der Waals surface area contributed by atoms with E-state index in [-0.39, 0.29) is 23.0 Å². The lowest BCUT2D eigenvalue weighted by atomic mass is 9.33. The monoisotopic (exact) mass is 1040 g/mol. The minimum atomic E-state index is -0.800. The number of aryl methyl sites for hydroxylation is 2. The first-order chi connectivity index (χ1) is 38.4. The van der Waals surface area contributed by atoms with Gasteiger partial charge in [0, 0.05) is 44.3 Å². The zero-order valence-electron chi connectivity index (χ0n) is 47.8. The molecule has 1 aliphatic carbocycles. The van der Waals surface area contributed by atoms with Gasteiger partial charge in [-0.15, -0.1) is 0 Å². The molecule has 10 aromatic carbocycles. The molecule has 0 N–H and O–H groups in total. The zero-order chi connectivity index (χ0) is 54.9. The minimum Gasteiger partial charge on any atom is -0.458 e. The number of nitrogens with zero attached hydrogens (tertiary/aromatic N) is 2. The van der Waals surface area contributed by atoms with E-state index < -0.39 is 5.41 Å². The van der Waals surface area contributed by atoms with Gasteiger partial charge in [-0.25, -0.2) is 0 Å². The molecule has 0 bridgehead atoms. The lowest BCUT2D eigenvalue weighted by Crippen LogP contribution is -2.60. The molecule has 0 radical (unpaired) electrons. The Morgan fingerprint density at radius 3 is 1.79 bits per heavy atom. The molecule has 0 fully saturated rings. The first kappa shape index (κ1) is 48.6. The summed E-state index contributed by atoms with van der Waals surface area (Å²) in [5.74, 6) is 1.83. The molecule has 0 spiro atoms. The number of hydrogen-bond acceptors (Lipinski definition) is 3. The lowest BCUT2D eigenvalue weighted by molar-refractivity contribution is 0.472. The van der Waals surface area contributed by atoms with Gasteiger partial charge in [0.2, 0.25) is 0 Å². The van der Waals surface area contributed by atoms with Crippen LogP contribution in [0.1, 0.15) is 112 Å². The Morgan fingerprint density at radius 1 is 0.475 bits per heavy atom. The predicted octanol–water partition coefficient (Wildman–Crippen LogP) is 18.0. The molecule has 80 heavy (non-hydrogen) atoms. The molecule has 4 nitrogen and oxygen atoms in total. The molecule has 2 aromatic heterocycles. The quantitative estimate of drug-likeness (QED) is 0.165. The van der Waals surface area contributed by atoms with Crippen molar-refractivity contribution in [1.82, 2.24) is 4.57 Å². The van der Waals surface area contributed by atoms with E-state index in [2.05, 4.69) is 280 Å². The first-order valence-electron chi connectivity index (χ1n) is 28.6. The number of ether oxygens (including phenoxy) is 1. The number of rotatable bonds is 4. The number of anilines is 3. The summed E-state index contributed by atoms with van der Waals surface area (Å²) < 4.78 is 17.7. The summed E-state index contributed by atoms with van der Waals surface area (Å²) in [7, 11) is 0. The van der Waals surface area contributed by atoms with Crippen LogP contribution < -0.4 is 26.0 Å². The van der Waals surface area contributed by atoms with Crippen LogP contribution in [0, 0.1) is 13.8 Å². The number of aromatic nitrogens is 1. The fraction of sp³-hybridized carbons (Fsp3) is 0.200. The van der Waals surface area contributed by atoms with Crippen molar-refractivity contribution < 1.29 is 9.15 Å². The van der Waals surface area contributed by atoms with Gasteiger partial charge in [0.1, 0.15) is 22.7 Å². The average molecular weight is 1040 g/mol. The minimum absolute atomic E-state index is 0.00630. The molecule has 0 unspecified atom stereocenters. The van der Waals surface area contributed by atoms with Crippen molar-refractivity contribution in [2.45, 2.75) is 97.8 Å². The normalized spacial score (nSPS) is 14.3. The van der Waals surface area contributed by atoms with Crippen molar-refractivity contribution in [2.24, 2.45) is 0 Å². The van der Waals surface area contributed by atoms with E-state index in [1.807, 2.05) is 0 Å². The maximum absolute atomic E-state index is 8.13. The van der Waals surface area contributed by atoms with E-state index in [0.717, 1.165) is 83.3 Å². The van der Waals surface area contributed by atoms with E-state index in [4.69, 9.17) is 9.15 Å². The van der Waals surface area contributed by atoms with E-state index in [1.165, 1.54) is 72.2 Å². The van der Waals surface area contributed by atoms with Crippen molar-refractivity contribution in [1.29, 1.82) is 0 Å². The first-order valence-corrected chi connectivity index (χ1v) is 28.6. The number of para-hydroxylation sites is 2. The van der Waals surface area contributed by atoms with Crippen LogP contribution in [0.2, 0.25) is 0 Å². The summed E-state index contributed by atoms with van der Waals surface area (Å²) in [5, 5.41) is 4.50. The molecule has 4 heterocycles. The molecule has 12 aromatic rings. The van der Waals surface area contributed by atoms with Gasteiger partial charge in [-0.05, 0) is 146 Å². The highest BCUT2D eigenvalue weighted by atomic mass is 16.5. The van der Waals surface area contributed by atoms with Crippen molar-refractivity contribution in [3.8, 4) is 28.3 Å². The van der Waals surface area contributed by atoms with Crippen molar-refractivity contribution in [2.75, 3.05) is 4.90 Å². The Morgan fingerprint density at radius 2 is 1.10 bits per heavy atom. The second kappa shape index (κ2) is 16.8. The molecular weight excluding hydrogens is 972 g/mol. The van der Waals surface area contributed by atoms with Gasteiger partial charge in [0.05, 0.1) is 27.5 Å². The molecule has 0 saturated carbocycles. The van der Waals surface area contributed by atoms with E-state index in [9.17, 15) is 0 Å². The van der Waals surface area contributed by atoms with Crippen LogP contribution in [-0.4, -0.2) is 11.3 Å². The van der Waals surface area contributed by atoms with E-state index in [1.54, 1.807) is 0 Å². The maximum atomic E-state index is 8.13. The summed E-state index contributed by atoms with van der Waals surface area (Å²) >= 11 is 0. The zero-order valence-corrected chi connectivity index (χ0v) is 47.8. The van der Waals surface area contributed by atoms with Crippen LogP contribution in [0.5, 0.6) is 11.5 Å².